The van der Waals surface area contributed by atoms with Gasteiger partial charge in [-0.15, -0.1) is 0 Å². The Bertz CT molecular complexity index is 1460. The quantitative estimate of drug-likeness (QED) is 0.208. The molecule has 0 bridgehead atoms. The van der Waals surface area contributed by atoms with Crippen molar-refractivity contribution in [3.05, 3.63) is 133 Å². The molecule has 0 aliphatic heterocycles. The van der Waals surface area contributed by atoms with Gasteiger partial charge in [-0.3, -0.25) is 9.59 Å². The zero-order valence-corrected chi connectivity index (χ0v) is 24.1. The predicted molar refractivity (Wildman–Crippen MR) is 167 cm³/mol. The lowest BCUT2D eigenvalue weighted by Gasteiger charge is -2.19. The van der Waals surface area contributed by atoms with Gasteiger partial charge in [0.1, 0.15) is 23.0 Å². The number of amides is 2. The molecule has 0 aliphatic carbocycles. The number of nitrogens with one attached hydrogen (secondary N) is 2. The summed E-state index contributed by atoms with van der Waals surface area (Å²) >= 11 is 5.79. The van der Waals surface area contributed by atoms with Crippen LogP contribution in [-0.4, -0.2) is 11.8 Å². The molecular weight excluding hydrogens is 536 g/mol. The first kappa shape index (κ1) is 30.7. The van der Waals surface area contributed by atoms with Crippen molar-refractivity contribution in [2.75, 3.05) is 10.6 Å². The van der Waals surface area contributed by atoms with Crippen molar-refractivity contribution in [1.82, 2.24) is 0 Å². The van der Waals surface area contributed by atoms with Crippen LogP contribution in [0.2, 0.25) is 5.02 Å². The van der Waals surface area contributed by atoms with Crippen LogP contribution in [0.1, 0.15) is 26.3 Å². The Morgan fingerprint density at radius 2 is 0.927 bits per heavy atom. The van der Waals surface area contributed by atoms with Gasteiger partial charge >= 0.3 is 0 Å². The van der Waals surface area contributed by atoms with Gasteiger partial charge in [-0.25, -0.2) is 0 Å². The molecule has 6 nitrogen and oxygen atoms in total. The summed E-state index contributed by atoms with van der Waals surface area (Å²) in [7, 11) is 0. The van der Waals surface area contributed by atoms with E-state index in [4.69, 9.17) is 21.1 Å². The molecule has 4 aromatic carbocycles. The zero-order chi connectivity index (χ0) is 29.8. The second-order valence-electron chi connectivity index (χ2n) is 9.87. The summed E-state index contributed by atoms with van der Waals surface area (Å²) in [5.41, 5.74) is 2.79. The van der Waals surface area contributed by atoms with Crippen LogP contribution in [0.4, 0.5) is 11.4 Å². The molecule has 4 aromatic rings. The van der Waals surface area contributed by atoms with E-state index in [0.29, 0.717) is 27.9 Å². The van der Waals surface area contributed by atoms with Crippen LogP contribution >= 0.6 is 11.6 Å². The lowest BCUT2D eigenvalue weighted by Crippen LogP contribution is -2.10. The van der Waals surface area contributed by atoms with Crippen LogP contribution < -0.4 is 20.1 Å². The molecule has 0 fully saturated rings. The maximum Gasteiger partial charge on any atom is 0.247 e. The number of carbonyl (C=O) groups excluding carboxylic acids is 2. The maximum absolute atomic E-state index is 11.2. The second-order valence-corrected chi connectivity index (χ2v) is 10.3. The van der Waals surface area contributed by atoms with E-state index in [1.807, 2.05) is 24.3 Å². The van der Waals surface area contributed by atoms with E-state index in [1.165, 1.54) is 17.7 Å². The van der Waals surface area contributed by atoms with Gasteiger partial charge in [-0.2, -0.15) is 0 Å². The molecule has 0 aromatic heterocycles. The number of halogens is 1. The van der Waals surface area contributed by atoms with E-state index >= 15 is 0 Å². The Kier molecular flexibility index (Phi) is 10.9. The SMILES string of the molecule is C=CC(=O)Nc1ccc(Oc2ccc(C(C)(C)C)cc2)cc1.C=CC(=O)Nc1ccc(Oc2ccc(Cl)cc2)cc1. The lowest BCUT2D eigenvalue weighted by molar-refractivity contribution is -0.112. The first-order valence-corrected chi connectivity index (χ1v) is 13.2. The van der Waals surface area contributed by atoms with Gasteiger partial charge in [0.2, 0.25) is 11.8 Å². The zero-order valence-electron chi connectivity index (χ0n) is 23.3. The van der Waals surface area contributed by atoms with Crippen LogP contribution in [-0.2, 0) is 15.0 Å². The minimum Gasteiger partial charge on any atom is -0.457 e. The fourth-order valence-electron chi connectivity index (χ4n) is 3.40. The highest BCUT2D eigenvalue weighted by Crippen LogP contribution is 2.28. The third-order valence-corrected chi connectivity index (χ3v) is 5.87. The van der Waals surface area contributed by atoms with Crippen molar-refractivity contribution in [1.29, 1.82) is 0 Å². The maximum atomic E-state index is 11.2. The highest BCUT2D eigenvalue weighted by atomic mass is 35.5. The molecule has 0 spiro atoms. The Morgan fingerprint density at radius 3 is 1.24 bits per heavy atom. The highest BCUT2D eigenvalue weighted by molar-refractivity contribution is 6.30. The van der Waals surface area contributed by atoms with E-state index in [0.717, 1.165) is 11.5 Å². The molecule has 0 radical (unpaired) electrons. The van der Waals surface area contributed by atoms with Crippen LogP contribution in [0, 0.1) is 0 Å². The monoisotopic (exact) mass is 568 g/mol. The molecule has 2 amide bonds. The van der Waals surface area contributed by atoms with Gasteiger partial charge in [0.25, 0.3) is 0 Å². The number of anilines is 2. The fraction of sp³-hybridized carbons (Fsp3) is 0.118. The molecule has 0 saturated carbocycles. The summed E-state index contributed by atoms with van der Waals surface area (Å²) < 4.78 is 11.4. The largest absolute Gasteiger partial charge is 0.457 e. The average molecular weight is 569 g/mol. The standard InChI is InChI=1S/C19H21NO2.C15H12ClNO2/c1-5-18(21)20-15-8-12-17(13-9-15)22-16-10-6-14(7-11-16)19(2,3)4;1-2-15(18)17-12-5-9-14(10-6-12)19-13-7-3-11(16)4-8-13/h5-13H,1H2,2-4H3,(H,20,21);2-10H,1H2,(H,17,18). The minimum absolute atomic E-state index is 0.129. The Labute approximate surface area is 246 Å². The number of carbonyl (C=O) groups is 2. The molecule has 210 valence electrons. The van der Waals surface area contributed by atoms with Gasteiger partial charge in [-0.05, 0) is 108 Å². The average Bonchev–Trinajstić information content (AvgIpc) is 2.96. The predicted octanol–water partition coefficient (Wildman–Crippen LogP) is 9.16. The molecule has 0 heterocycles. The van der Waals surface area contributed by atoms with Gasteiger partial charge < -0.3 is 20.1 Å². The topological polar surface area (TPSA) is 76.7 Å². The molecule has 2 N–H and O–H groups in total. The summed E-state index contributed by atoms with van der Waals surface area (Å²) in [4.78, 5) is 22.3. The Morgan fingerprint density at radius 1 is 0.610 bits per heavy atom. The van der Waals surface area contributed by atoms with Crippen molar-refractivity contribution < 1.29 is 19.1 Å². The van der Waals surface area contributed by atoms with Crippen LogP contribution in [0.25, 0.3) is 0 Å². The van der Waals surface area contributed by atoms with Crippen molar-refractivity contribution in [3.63, 3.8) is 0 Å². The first-order valence-electron chi connectivity index (χ1n) is 12.8. The molecule has 7 heteroatoms. The van der Waals surface area contributed by atoms with Crippen molar-refractivity contribution in [3.8, 4) is 23.0 Å². The summed E-state index contributed by atoms with van der Waals surface area (Å²) in [6, 6.07) is 29.5. The fourth-order valence-corrected chi connectivity index (χ4v) is 3.52. The third kappa shape index (κ3) is 10.4. The Balaban J connectivity index is 0.000000228. The van der Waals surface area contributed by atoms with Gasteiger partial charge in [0, 0.05) is 16.4 Å². The number of rotatable bonds is 8. The van der Waals surface area contributed by atoms with E-state index < -0.39 is 0 Å². The molecule has 0 saturated heterocycles. The number of benzene rings is 4. The lowest BCUT2D eigenvalue weighted by atomic mass is 9.87. The van der Waals surface area contributed by atoms with Crippen LogP contribution in [0.5, 0.6) is 23.0 Å². The highest BCUT2D eigenvalue weighted by Gasteiger charge is 2.13. The number of hydrogen-bond acceptors (Lipinski definition) is 4. The molecule has 0 unspecified atom stereocenters. The summed E-state index contributed by atoms with van der Waals surface area (Å²) in [6.07, 6.45) is 2.46. The third-order valence-electron chi connectivity index (χ3n) is 5.62. The van der Waals surface area contributed by atoms with Crippen molar-refractivity contribution in [2.45, 2.75) is 26.2 Å². The molecule has 41 heavy (non-hydrogen) atoms. The summed E-state index contributed by atoms with van der Waals surface area (Å²) in [5, 5.41) is 6.02. The van der Waals surface area contributed by atoms with Gasteiger partial charge in [-0.1, -0.05) is 57.7 Å². The minimum atomic E-state index is -0.244. The first-order chi connectivity index (χ1) is 19.5. The molecule has 0 aliphatic rings. The molecule has 0 atom stereocenters. The smallest absolute Gasteiger partial charge is 0.247 e. The van der Waals surface area contributed by atoms with Crippen molar-refractivity contribution >= 4 is 34.8 Å². The number of ether oxygens (including phenoxy) is 2. The van der Waals surface area contributed by atoms with E-state index in [-0.39, 0.29) is 17.2 Å². The second kappa shape index (κ2) is 14.5. The van der Waals surface area contributed by atoms with Crippen LogP contribution in [0.3, 0.4) is 0 Å². The molecular formula is C34H33ClN2O4. The summed E-state index contributed by atoms with van der Waals surface area (Å²) in [5.74, 6) is 2.42. The van der Waals surface area contributed by atoms with Crippen LogP contribution in [0.15, 0.2) is 122 Å². The number of hydrogen-bond donors (Lipinski definition) is 2. The van der Waals surface area contributed by atoms with E-state index in [1.54, 1.807) is 60.7 Å². The molecule has 4 rings (SSSR count). The van der Waals surface area contributed by atoms with Gasteiger partial charge in [0.15, 0.2) is 0 Å². The Hall–Kier alpha value is -4.81. The van der Waals surface area contributed by atoms with E-state index in [9.17, 15) is 9.59 Å². The van der Waals surface area contributed by atoms with Gasteiger partial charge in [0.05, 0.1) is 0 Å². The summed E-state index contributed by atoms with van der Waals surface area (Å²) in [6.45, 7) is 13.3. The normalized spacial score (nSPS) is 10.3. The van der Waals surface area contributed by atoms with Crippen molar-refractivity contribution in [2.24, 2.45) is 0 Å². The van der Waals surface area contributed by atoms with E-state index in [2.05, 4.69) is 56.7 Å².